The van der Waals surface area contributed by atoms with Gasteiger partial charge in [-0.1, -0.05) is 30.3 Å². The fourth-order valence-electron chi connectivity index (χ4n) is 2.67. The molecule has 0 aliphatic heterocycles. The van der Waals surface area contributed by atoms with Gasteiger partial charge >= 0.3 is 5.97 Å². The normalized spacial score (nSPS) is 11.7. The molecular formula is C19H15NO6S. The Balaban J connectivity index is 2.08. The number of phenolic OH excluding ortho intramolecular Hbond substituents is 1. The predicted molar refractivity (Wildman–Crippen MR) is 102 cm³/mol. The third-order valence-electron chi connectivity index (χ3n) is 3.90. The molecule has 3 aromatic rings. The summed E-state index contributed by atoms with van der Waals surface area (Å²) >= 11 is -2.49. The molecular weight excluding hydrogens is 370 g/mol. The van der Waals surface area contributed by atoms with Crippen molar-refractivity contribution in [2.24, 2.45) is 0 Å². The maximum absolute atomic E-state index is 11.9. The number of carboxylic acids is 1. The molecule has 0 fully saturated rings. The number of nitrogens with zero attached hydrogens (tertiary/aromatic N) is 1. The summed E-state index contributed by atoms with van der Waals surface area (Å²) in [5.74, 6) is -1.76. The standard InChI is InChI=1S/C19H15NO6S/c21-17-7-2-1-6-15(17)12-4-3-5-13(10-12)20(27(25)26)14-8-9-16(19(23)24)18(22)11-14/h1-11,21-22H,(H,23,24)(H,25,26). The first-order chi connectivity index (χ1) is 12.9. The fraction of sp³-hybridized carbons (Fsp3) is 0. The Morgan fingerprint density at radius 1 is 0.852 bits per heavy atom. The van der Waals surface area contributed by atoms with Crippen molar-refractivity contribution in [2.75, 3.05) is 4.31 Å². The number of phenols is 2. The van der Waals surface area contributed by atoms with Gasteiger partial charge in [-0.15, -0.1) is 0 Å². The monoisotopic (exact) mass is 385 g/mol. The van der Waals surface area contributed by atoms with Crippen LogP contribution in [-0.4, -0.2) is 30.1 Å². The minimum Gasteiger partial charge on any atom is -0.507 e. The van der Waals surface area contributed by atoms with Crippen LogP contribution in [0.25, 0.3) is 11.1 Å². The van der Waals surface area contributed by atoms with Gasteiger partial charge in [-0.3, -0.25) is 4.55 Å². The van der Waals surface area contributed by atoms with Gasteiger partial charge in [0.2, 0.25) is 0 Å². The van der Waals surface area contributed by atoms with Gasteiger partial charge in [0, 0.05) is 11.6 Å². The highest BCUT2D eigenvalue weighted by molar-refractivity contribution is 7.81. The van der Waals surface area contributed by atoms with Crippen molar-refractivity contribution in [1.82, 2.24) is 0 Å². The van der Waals surface area contributed by atoms with Crippen LogP contribution in [0.2, 0.25) is 0 Å². The van der Waals surface area contributed by atoms with Crippen LogP contribution in [0.3, 0.4) is 0 Å². The average molecular weight is 385 g/mol. The first-order valence-corrected chi connectivity index (χ1v) is 8.80. The summed E-state index contributed by atoms with van der Waals surface area (Å²) in [5.41, 5.74) is 1.30. The molecule has 0 saturated carbocycles. The van der Waals surface area contributed by atoms with E-state index in [1.807, 2.05) is 0 Å². The molecule has 138 valence electrons. The molecule has 1 unspecified atom stereocenters. The van der Waals surface area contributed by atoms with E-state index in [0.717, 1.165) is 16.4 Å². The summed E-state index contributed by atoms with van der Waals surface area (Å²) < 4.78 is 22.7. The number of anilines is 2. The zero-order valence-electron chi connectivity index (χ0n) is 13.8. The van der Waals surface area contributed by atoms with Gasteiger partial charge in [0.05, 0.1) is 11.4 Å². The van der Waals surface area contributed by atoms with E-state index in [1.54, 1.807) is 42.5 Å². The lowest BCUT2D eigenvalue weighted by atomic mass is 10.0. The molecule has 4 N–H and O–H groups in total. The molecule has 0 aromatic heterocycles. The summed E-state index contributed by atoms with van der Waals surface area (Å²) in [6.07, 6.45) is 0. The predicted octanol–water partition coefficient (Wildman–Crippen LogP) is 3.74. The van der Waals surface area contributed by atoms with Crippen molar-refractivity contribution in [3.63, 3.8) is 0 Å². The molecule has 3 aromatic carbocycles. The van der Waals surface area contributed by atoms with Crippen molar-refractivity contribution in [2.45, 2.75) is 0 Å². The van der Waals surface area contributed by atoms with E-state index < -0.39 is 23.0 Å². The number of hydrogen-bond donors (Lipinski definition) is 4. The summed E-state index contributed by atoms with van der Waals surface area (Å²) in [4.78, 5) is 11.0. The van der Waals surface area contributed by atoms with Crippen LogP contribution in [0.15, 0.2) is 66.7 Å². The van der Waals surface area contributed by atoms with E-state index in [4.69, 9.17) is 5.11 Å². The number of benzene rings is 3. The third-order valence-corrected chi connectivity index (χ3v) is 4.63. The lowest BCUT2D eigenvalue weighted by molar-refractivity contribution is 0.0693. The summed E-state index contributed by atoms with van der Waals surface area (Å²) in [6, 6.07) is 16.8. The first-order valence-electron chi connectivity index (χ1n) is 7.74. The van der Waals surface area contributed by atoms with Crippen LogP contribution < -0.4 is 4.31 Å². The molecule has 3 rings (SSSR count). The Bertz CT molecular complexity index is 1040. The van der Waals surface area contributed by atoms with Crippen molar-refractivity contribution in [1.29, 1.82) is 0 Å². The average Bonchev–Trinajstić information content (AvgIpc) is 2.62. The topological polar surface area (TPSA) is 118 Å². The van der Waals surface area contributed by atoms with Crippen LogP contribution in [-0.2, 0) is 11.3 Å². The number of para-hydroxylation sites is 1. The zero-order chi connectivity index (χ0) is 19.6. The molecule has 0 radical (unpaired) electrons. The molecule has 0 aliphatic rings. The highest BCUT2D eigenvalue weighted by Crippen LogP contribution is 2.35. The maximum Gasteiger partial charge on any atom is 0.339 e. The van der Waals surface area contributed by atoms with E-state index in [2.05, 4.69) is 0 Å². The van der Waals surface area contributed by atoms with Crippen LogP contribution in [0, 0.1) is 0 Å². The Kier molecular flexibility index (Phi) is 5.11. The van der Waals surface area contributed by atoms with E-state index in [-0.39, 0.29) is 17.0 Å². The van der Waals surface area contributed by atoms with Crippen LogP contribution >= 0.6 is 0 Å². The molecule has 8 heteroatoms. The molecule has 0 bridgehead atoms. The lowest BCUT2D eigenvalue weighted by Gasteiger charge is -2.21. The molecule has 27 heavy (non-hydrogen) atoms. The van der Waals surface area contributed by atoms with Gasteiger partial charge in [-0.2, -0.15) is 0 Å². The largest absolute Gasteiger partial charge is 0.507 e. The number of aromatic hydroxyl groups is 2. The highest BCUT2D eigenvalue weighted by Gasteiger charge is 2.19. The summed E-state index contributed by atoms with van der Waals surface area (Å²) in [5, 5.41) is 28.9. The molecule has 0 amide bonds. The summed E-state index contributed by atoms with van der Waals surface area (Å²) in [7, 11) is 0. The second kappa shape index (κ2) is 7.48. The first kappa shape index (κ1) is 18.4. The number of carbonyl (C=O) groups is 1. The van der Waals surface area contributed by atoms with Gasteiger partial charge in [0.25, 0.3) is 11.3 Å². The second-order valence-electron chi connectivity index (χ2n) is 5.60. The lowest BCUT2D eigenvalue weighted by Crippen LogP contribution is -2.19. The van der Waals surface area contributed by atoms with Gasteiger partial charge in [-0.25, -0.2) is 13.3 Å². The van der Waals surface area contributed by atoms with E-state index >= 15 is 0 Å². The molecule has 7 nitrogen and oxygen atoms in total. The van der Waals surface area contributed by atoms with E-state index in [0.29, 0.717) is 16.8 Å². The van der Waals surface area contributed by atoms with Crippen molar-refractivity contribution in [3.05, 3.63) is 72.3 Å². The Morgan fingerprint density at radius 3 is 2.19 bits per heavy atom. The Morgan fingerprint density at radius 2 is 1.56 bits per heavy atom. The minimum absolute atomic E-state index is 0.0646. The fourth-order valence-corrected chi connectivity index (χ4v) is 3.26. The van der Waals surface area contributed by atoms with Crippen LogP contribution in [0.4, 0.5) is 11.4 Å². The maximum atomic E-state index is 11.9. The number of aromatic carboxylic acids is 1. The molecule has 0 spiro atoms. The highest BCUT2D eigenvalue weighted by atomic mass is 32.2. The molecule has 0 aliphatic carbocycles. The Labute approximate surface area is 157 Å². The quantitative estimate of drug-likeness (QED) is 0.497. The summed E-state index contributed by atoms with van der Waals surface area (Å²) in [6.45, 7) is 0. The smallest absolute Gasteiger partial charge is 0.339 e. The second-order valence-corrected chi connectivity index (χ2v) is 6.43. The van der Waals surface area contributed by atoms with Crippen molar-refractivity contribution in [3.8, 4) is 22.6 Å². The number of hydrogen-bond acceptors (Lipinski definition) is 4. The molecule has 0 saturated heterocycles. The molecule has 0 heterocycles. The van der Waals surface area contributed by atoms with E-state index in [1.165, 1.54) is 12.1 Å². The van der Waals surface area contributed by atoms with Crippen molar-refractivity contribution < 1.29 is 28.9 Å². The molecule has 1 atom stereocenters. The van der Waals surface area contributed by atoms with Gasteiger partial charge in [-0.05, 0) is 35.9 Å². The third kappa shape index (κ3) is 3.76. The van der Waals surface area contributed by atoms with Gasteiger partial charge < -0.3 is 15.3 Å². The SMILES string of the molecule is O=C(O)c1ccc(N(c2cccc(-c3ccccc3O)c2)S(=O)O)cc1O. The van der Waals surface area contributed by atoms with Crippen molar-refractivity contribution >= 4 is 28.6 Å². The number of carboxylic acid groups (broad SMARTS) is 1. The number of rotatable bonds is 5. The zero-order valence-corrected chi connectivity index (χ0v) is 14.6. The van der Waals surface area contributed by atoms with Gasteiger partial charge in [0.1, 0.15) is 17.1 Å². The minimum atomic E-state index is -2.49. The van der Waals surface area contributed by atoms with Crippen LogP contribution in [0.5, 0.6) is 11.5 Å². The van der Waals surface area contributed by atoms with E-state index in [9.17, 15) is 23.8 Å². The van der Waals surface area contributed by atoms with Gasteiger partial charge in [0.15, 0.2) is 0 Å². The van der Waals surface area contributed by atoms with Crippen LogP contribution in [0.1, 0.15) is 10.4 Å². The Hall–Kier alpha value is -3.36.